The van der Waals surface area contributed by atoms with Gasteiger partial charge in [-0.15, -0.1) is 0 Å². The average molecular weight is 421 g/mol. The van der Waals surface area contributed by atoms with Crippen LogP contribution < -0.4 is 10.6 Å². The molecular formula is C24H27N3O4. The highest BCUT2D eigenvalue weighted by molar-refractivity contribution is 6.10. The number of nitrogens with zero attached hydrogens (tertiary/aromatic N) is 1. The third-order valence-electron chi connectivity index (χ3n) is 6.80. The Morgan fingerprint density at radius 2 is 1.94 bits per heavy atom. The smallest absolute Gasteiger partial charge is 0.256 e. The predicted molar refractivity (Wildman–Crippen MR) is 115 cm³/mol. The van der Waals surface area contributed by atoms with Crippen molar-refractivity contribution >= 4 is 23.4 Å². The molecule has 0 spiro atoms. The zero-order chi connectivity index (χ0) is 21.4. The van der Waals surface area contributed by atoms with E-state index in [0.29, 0.717) is 36.4 Å². The molecule has 7 heteroatoms. The largest absolute Gasteiger partial charge is 0.464 e. The molecule has 2 aliphatic heterocycles. The molecule has 7 nitrogen and oxygen atoms in total. The first kappa shape index (κ1) is 19.8. The number of hydrogen-bond donors (Lipinski definition) is 2. The van der Waals surface area contributed by atoms with E-state index in [-0.39, 0.29) is 29.7 Å². The number of rotatable bonds is 3. The van der Waals surface area contributed by atoms with Crippen LogP contribution in [-0.4, -0.2) is 41.2 Å². The van der Waals surface area contributed by atoms with Crippen LogP contribution in [0, 0.1) is 5.92 Å². The van der Waals surface area contributed by atoms with E-state index in [2.05, 4.69) is 10.6 Å². The summed E-state index contributed by atoms with van der Waals surface area (Å²) in [5.41, 5.74) is 1.77. The molecule has 2 atom stereocenters. The van der Waals surface area contributed by atoms with Gasteiger partial charge in [-0.1, -0.05) is 19.3 Å². The van der Waals surface area contributed by atoms with Crippen LogP contribution in [0.25, 0.3) is 11.3 Å². The standard InChI is InChI=1S/C24H27N3O4/c28-22(15-5-2-1-3-6-15)25-17-10-11-27-20(14-17)23(29)26-19-9-8-16(13-18(19)24(27)30)21-7-4-12-31-21/h4,7-9,12-13,15,17,20H,1-3,5-6,10-11,14H2,(H,25,28)(H,26,29)/t17-,20-/m0/s1. The summed E-state index contributed by atoms with van der Waals surface area (Å²) >= 11 is 0. The maximum atomic E-state index is 13.3. The summed E-state index contributed by atoms with van der Waals surface area (Å²) in [5.74, 6) is 0.496. The average Bonchev–Trinajstić information content (AvgIpc) is 3.31. The minimum absolute atomic E-state index is 0.0839. The molecule has 2 fully saturated rings. The summed E-state index contributed by atoms with van der Waals surface area (Å²) in [5, 5.41) is 6.07. The monoisotopic (exact) mass is 421 g/mol. The maximum Gasteiger partial charge on any atom is 0.256 e. The van der Waals surface area contributed by atoms with Gasteiger partial charge in [0, 0.05) is 24.1 Å². The van der Waals surface area contributed by atoms with E-state index in [1.807, 2.05) is 12.1 Å². The van der Waals surface area contributed by atoms with E-state index in [0.717, 1.165) is 31.2 Å². The van der Waals surface area contributed by atoms with Crippen molar-refractivity contribution in [2.24, 2.45) is 5.92 Å². The molecule has 3 aliphatic rings. The van der Waals surface area contributed by atoms with Crippen molar-refractivity contribution in [2.75, 3.05) is 11.9 Å². The summed E-state index contributed by atoms with van der Waals surface area (Å²) in [6, 6.07) is 8.33. The molecule has 1 aliphatic carbocycles. The topological polar surface area (TPSA) is 91.7 Å². The first-order chi connectivity index (χ1) is 15.1. The Balaban J connectivity index is 1.33. The van der Waals surface area contributed by atoms with Crippen LogP contribution in [0.3, 0.4) is 0 Å². The van der Waals surface area contributed by atoms with Crippen LogP contribution in [-0.2, 0) is 9.59 Å². The minimum atomic E-state index is -0.586. The number of furan rings is 1. The van der Waals surface area contributed by atoms with Crippen molar-refractivity contribution in [3.05, 3.63) is 42.2 Å². The van der Waals surface area contributed by atoms with E-state index < -0.39 is 6.04 Å². The van der Waals surface area contributed by atoms with Crippen molar-refractivity contribution in [3.63, 3.8) is 0 Å². The van der Waals surface area contributed by atoms with E-state index in [1.54, 1.807) is 29.4 Å². The number of fused-ring (bicyclic) bond motifs is 2. The van der Waals surface area contributed by atoms with Gasteiger partial charge in [-0.3, -0.25) is 14.4 Å². The van der Waals surface area contributed by atoms with Gasteiger partial charge in [0.2, 0.25) is 11.8 Å². The molecule has 1 saturated heterocycles. The Hall–Kier alpha value is -3.09. The number of anilines is 1. The molecular weight excluding hydrogens is 394 g/mol. The van der Waals surface area contributed by atoms with Crippen LogP contribution in [0.1, 0.15) is 55.3 Å². The lowest BCUT2D eigenvalue weighted by atomic mass is 9.88. The number of nitrogens with one attached hydrogen (secondary N) is 2. The molecule has 2 aromatic rings. The fourth-order valence-electron chi connectivity index (χ4n) is 5.07. The molecule has 0 bridgehead atoms. The van der Waals surface area contributed by atoms with Gasteiger partial charge in [0.05, 0.1) is 17.5 Å². The molecule has 162 valence electrons. The SMILES string of the molecule is O=C(N[C@H]1CCN2C(=O)c3cc(-c4ccco4)ccc3NC(=O)[C@@H]2C1)C1CCCCC1. The fourth-order valence-corrected chi connectivity index (χ4v) is 5.07. The van der Waals surface area contributed by atoms with Gasteiger partial charge in [0.15, 0.2) is 0 Å². The molecule has 5 rings (SSSR count). The molecule has 1 aromatic heterocycles. The van der Waals surface area contributed by atoms with E-state index >= 15 is 0 Å². The predicted octanol–water partition coefficient (Wildman–Crippen LogP) is 3.57. The van der Waals surface area contributed by atoms with Crippen LogP contribution in [0.4, 0.5) is 5.69 Å². The van der Waals surface area contributed by atoms with Gasteiger partial charge < -0.3 is 20.0 Å². The van der Waals surface area contributed by atoms with Gasteiger partial charge in [-0.05, 0) is 56.0 Å². The number of piperidine rings is 1. The molecule has 3 amide bonds. The second kappa shape index (κ2) is 8.21. The summed E-state index contributed by atoms with van der Waals surface area (Å²) in [7, 11) is 0. The lowest BCUT2D eigenvalue weighted by Crippen LogP contribution is -2.55. The van der Waals surface area contributed by atoms with E-state index in [1.165, 1.54) is 6.42 Å². The summed E-state index contributed by atoms with van der Waals surface area (Å²) < 4.78 is 5.45. The molecule has 2 N–H and O–H groups in total. The van der Waals surface area contributed by atoms with Crippen LogP contribution >= 0.6 is 0 Å². The van der Waals surface area contributed by atoms with Crippen molar-refractivity contribution in [1.29, 1.82) is 0 Å². The normalized spacial score (nSPS) is 24.1. The maximum absolute atomic E-state index is 13.3. The Morgan fingerprint density at radius 1 is 1.10 bits per heavy atom. The van der Waals surface area contributed by atoms with Gasteiger partial charge in [0.1, 0.15) is 11.8 Å². The molecule has 31 heavy (non-hydrogen) atoms. The number of carbonyl (C=O) groups is 3. The minimum Gasteiger partial charge on any atom is -0.464 e. The van der Waals surface area contributed by atoms with Crippen LogP contribution in [0.5, 0.6) is 0 Å². The van der Waals surface area contributed by atoms with Crippen molar-refractivity contribution < 1.29 is 18.8 Å². The number of amides is 3. The van der Waals surface area contributed by atoms with Crippen molar-refractivity contribution in [3.8, 4) is 11.3 Å². The Morgan fingerprint density at radius 3 is 2.71 bits per heavy atom. The van der Waals surface area contributed by atoms with Crippen molar-refractivity contribution in [1.82, 2.24) is 10.2 Å². The van der Waals surface area contributed by atoms with Crippen molar-refractivity contribution in [2.45, 2.75) is 57.0 Å². The Kier molecular flexibility index (Phi) is 5.26. The number of hydrogen-bond acceptors (Lipinski definition) is 4. The molecule has 0 unspecified atom stereocenters. The highest BCUT2D eigenvalue weighted by Gasteiger charge is 2.40. The Bertz CT molecular complexity index is 994. The third kappa shape index (κ3) is 3.84. The first-order valence-electron chi connectivity index (χ1n) is 11.2. The second-order valence-electron chi connectivity index (χ2n) is 8.81. The fraction of sp³-hybridized carbons (Fsp3) is 0.458. The highest BCUT2D eigenvalue weighted by Crippen LogP contribution is 2.32. The third-order valence-corrected chi connectivity index (χ3v) is 6.80. The zero-order valence-corrected chi connectivity index (χ0v) is 17.4. The van der Waals surface area contributed by atoms with Gasteiger partial charge in [-0.2, -0.15) is 0 Å². The quantitative estimate of drug-likeness (QED) is 0.793. The summed E-state index contributed by atoms with van der Waals surface area (Å²) in [6.45, 7) is 0.441. The van der Waals surface area contributed by atoms with E-state index in [4.69, 9.17) is 4.42 Å². The molecule has 1 saturated carbocycles. The van der Waals surface area contributed by atoms with Crippen LogP contribution in [0.15, 0.2) is 41.0 Å². The first-order valence-corrected chi connectivity index (χ1v) is 11.2. The number of carbonyl (C=O) groups excluding carboxylic acids is 3. The van der Waals surface area contributed by atoms with E-state index in [9.17, 15) is 14.4 Å². The Labute approximate surface area is 181 Å². The van der Waals surface area contributed by atoms with Gasteiger partial charge in [0.25, 0.3) is 5.91 Å². The summed E-state index contributed by atoms with van der Waals surface area (Å²) in [6.07, 6.45) is 7.99. The highest BCUT2D eigenvalue weighted by atomic mass is 16.3. The molecule has 0 radical (unpaired) electrons. The lowest BCUT2D eigenvalue weighted by molar-refractivity contribution is -0.128. The molecule has 3 heterocycles. The van der Waals surface area contributed by atoms with Gasteiger partial charge in [-0.25, -0.2) is 0 Å². The number of benzene rings is 1. The summed E-state index contributed by atoms with van der Waals surface area (Å²) in [4.78, 5) is 40.6. The van der Waals surface area contributed by atoms with Gasteiger partial charge >= 0.3 is 0 Å². The second-order valence-corrected chi connectivity index (χ2v) is 8.81. The van der Waals surface area contributed by atoms with Crippen LogP contribution in [0.2, 0.25) is 0 Å². The molecule has 1 aromatic carbocycles. The lowest BCUT2D eigenvalue weighted by Gasteiger charge is -2.38. The zero-order valence-electron chi connectivity index (χ0n) is 17.4.